The Hall–Kier alpha value is -1.73. The van der Waals surface area contributed by atoms with Crippen molar-refractivity contribution < 1.29 is 14.4 Å². The summed E-state index contributed by atoms with van der Waals surface area (Å²) in [6.07, 6.45) is 2.15. The molecule has 0 atom stereocenters. The Bertz CT molecular complexity index is 553. The molecule has 2 aliphatic rings. The van der Waals surface area contributed by atoms with Crippen LogP contribution in [0.4, 0.5) is 4.79 Å². The van der Waals surface area contributed by atoms with E-state index >= 15 is 0 Å². The number of urea groups is 1. The summed E-state index contributed by atoms with van der Waals surface area (Å²) in [6, 6.07) is 3.88. The van der Waals surface area contributed by atoms with Crippen molar-refractivity contribution >= 4 is 29.2 Å². The van der Waals surface area contributed by atoms with Gasteiger partial charge in [0.05, 0.1) is 6.67 Å². The van der Waals surface area contributed by atoms with Crippen LogP contribution >= 0.6 is 11.3 Å². The van der Waals surface area contributed by atoms with E-state index in [-0.39, 0.29) is 6.67 Å². The van der Waals surface area contributed by atoms with E-state index in [0.29, 0.717) is 12.6 Å². The van der Waals surface area contributed by atoms with Crippen LogP contribution in [0, 0.1) is 0 Å². The Labute approximate surface area is 120 Å². The molecule has 7 heteroatoms. The molecule has 1 aromatic heterocycles. The van der Waals surface area contributed by atoms with E-state index in [9.17, 15) is 14.4 Å². The zero-order valence-electron chi connectivity index (χ0n) is 11.1. The molecular weight excluding hydrogens is 278 g/mol. The molecule has 3 rings (SSSR count). The van der Waals surface area contributed by atoms with Gasteiger partial charge >= 0.3 is 17.8 Å². The van der Waals surface area contributed by atoms with Gasteiger partial charge < -0.3 is 0 Å². The highest BCUT2D eigenvalue weighted by atomic mass is 32.1. The second-order valence-corrected chi connectivity index (χ2v) is 6.11. The quantitative estimate of drug-likeness (QED) is 0.602. The standard InChI is InChI=1S/C13H15N3O3S/c1-14-11(17)12(18)16(13(14)19)8-15(9-4-5-9)7-10-3-2-6-20-10/h2-3,6,9H,4-5,7-8H2,1H3. The first-order chi connectivity index (χ1) is 9.58. The number of carbonyl (C=O) groups is 3. The van der Waals surface area contributed by atoms with Gasteiger partial charge in [-0.15, -0.1) is 11.3 Å². The van der Waals surface area contributed by atoms with Crippen molar-refractivity contribution in [2.75, 3.05) is 13.7 Å². The van der Waals surface area contributed by atoms with E-state index in [4.69, 9.17) is 0 Å². The summed E-state index contributed by atoms with van der Waals surface area (Å²) >= 11 is 1.65. The van der Waals surface area contributed by atoms with Crippen LogP contribution in [0.1, 0.15) is 17.7 Å². The van der Waals surface area contributed by atoms with Crippen molar-refractivity contribution in [3.63, 3.8) is 0 Å². The van der Waals surface area contributed by atoms with Crippen LogP contribution in [0.5, 0.6) is 0 Å². The van der Waals surface area contributed by atoms with Crippen LogP contribution in [-0.2, 0) is 16.1 Å². The van der Waals surface area contributed by atoms with Gasteiger partial charge in [-0.05, 0) is 24.3 Å². The third-order valence-electron chi connectivity index (χ3n) is 3.58. The lowest BCUT2D eigenvalue weighted by Gasteiger charge is -2.25. The lowest BCUT2D eigenvalue weighted by molar-refractivity contribution is -0.143. The fourth-order valence-corrected chi connectivity index (χ4v) is 2.99. The number of rotatable bonds is 5. The molecule has 2 fully saturated rings. The maximum absolute atomic E-state index is 11.9. The van der Waals surface area contributed by atoms with Crippen molar-refractivity contribution in [3.05, 3.63) is 22.4 Å². The van der Waals surface area contributed by atoms with E-state index in [2.05, 4.69) is 4.90 Å². The Morgan fingerprint density at radius 3 is 2.55 bits per heavy atom. The number of carbonyl (C=O) groups excluding carboxylic acids is 3. The molecule has 20 heavy (non-hydrogen) atoms. The minimum atomic E-state index is -0.748. The highest BCUT2D eigenvalue weighted by Crippen LogP contribution is 2.30. The van der Waals surface area contributed by atoms with E-state index in [0.717, 1.165) is 22.6 Å². The van der Waals surface area contributed by atoms with E-state index in [1.54, 1.807) is 11.3 Å². The van der Waals surface area contributed by atoms with E-state index in [1.807, 2.05) is 17.5 Å². The van der Waals surface area contributed by atoms with Gasteiger partial charge in [-0.1, -0.05) is 6.07 Å². The topological polar surface area (TPSA) is 60.9 Å². The summed E-state index contributed by atoms with van der Waals surface area (Å²) in [5.41, 5.74) is 0. The second-order valence-electron chi connectivity index (χ2n) is 5.08. The largest absolute Gasteiger partial charge is 0.335 e. The van der Waals surface area contributed by atoms with Crippen molar-refractivity contribution in [2.45, 2.75) is 25.4 Å². The van der Waals surface area contributed by atoms with Crippen LogP contribution in [0.25, 0.3) is 0 Å². The molecule has 4 amide bonds. The number of thiophene rings is 1. The molecule has 106 valence electrons. The minimum absolute atomic E-state index is 0.191. The molecule has 1 aliphatic heterocycles. The molecule has 0 radical (unpaired) electrons. The SMILES string of the molecule is CN1C(=O)C(=O)N(CN(Cc2cccs2)C2CC2)C1=O. The summed E-state index contributed by atoms with van der Waals surface area (Å²) in [4.78, 5) is 40.4. The Kier molecular flexibility index (Phi) is 3.31. The number of imide groups is 2. The number of likely N-dealkylation sites (N-methyl/N-ethyl adjacent to an activating group) is 1. The molecule has 0 N–H and O–H groups in total. The number of hydrogen-bond donors (Lipinski definition) is 0. The highest BCUT2D eigenvalue weighted by Gasteiger charge is 2.44. The normalized spacial score (nSPS) is 19.6. The number of nitrogens with zero attached hydrogens (tertiary/aromatic N) is 3. The van der Waals surface area contributed by atoms with Crippen LogP contribution in [0.15, 0.2) is 17.5 Å². The molecule has 1 aliphatic carbocycles. The lowest BCUT2D eigenvalue weighted by Crippen LogP contribution is -2.42. The van der Waals surface area contributed by atoms with Crippen molar-refractivity contribution in [1.82, 2.24) is 14.7 Å². The Morgan fingerprint density at radius 2 is 2.05 bits per heavy atom. The Morgan fingerprint density at radius 1 is 1.30 bits per heavy atom. The van der Waals surface area contributed by atoms with Crippen molar-refractivity contribution in [1.29, 1.82) is 0 Å². The molecule has 0 unspecified atom stereocenters. The molecule has 1 saturated heterocycles. The van der Waals surface area contributed by atoms with Crippen LogP contribution in [0.2, 0.25) is 0 Å². The first kappa shape index (κ1) is 13.3. The van der Waals surface area contributed by atoms with Gasteiger partial charge in [0, 0.05) is 24.5 Å². The maximum atomic E-state index is 11.9. The predicted molar refractivity (Wildman–Crippen MR) is 72.8 cm³/mol. The fourth-order valence-electron chi connectivity index (χ4n) is 2.26. The monoisotopic (exact) mass is 293 g/mol. The summed E-state index contributed by atoms with van der Waals surface area (Å²) in [5, 5.41) is 2.00. The molecule has 2 heterocycles. The smallest absolute Gasteiger partial charge is 0.277 e. The molecule has 1 saturated carbocycles. The van der Waals surface area contributed by atoms with Crippen molar-refractivity contribution in [2.24, 2.45) is 0 Å². The zero-order valence-corrected chi connectivity index (χ0v) is 11.9. The minimum Gasteiger partial charge on any atom is -0.277 e. The summed E-state index contributed by atoms with van der Waals surface area (Å²) in [7, 11) is 1.34. The summed E-state index contributed by atoms with van der Waals surface area (Å²) < 4.78 is 0. The highest BCUT2D eigenvalue weighted by molar-refractivity contribution is 7.09. The fraction of sp³-hybridized carbons (Fsp3) is 0.462. The molecule has 1 aromatic rings. The third kappa shape index (κ3) is 2.34. The number of hydrogen-bond acceptors (Lipinski definition) is 5. The summed E-state index contributed by atoms with van der Waals surface area (Å²) in [5.74, 6) is -1.48. The van der Waals surface area contributed by atoms with Gasteiger partial charge in [-0.25, -0.2) is 9.69 Å². The molecule has 0 spiro atoms. The Balaban J connectivity index is 1.72. The van der Waals surface area contributed by atoms with E-state index in [1.165, 1.54) is 11.9 Å². The van der Waals surface area contributed by atoms with Gasteiger partial charge in [0.25, 0.3) is 0 Å². The molecule has 0 aromatic carbocycles. The van der Waals surface area contributed by atoms with Crippen LogP contribution < -0.4 is 0 Å². The average molecular weight is 293 g/mol. The lowest BCUT2D eigenvalue weighted by atomic mass is 10.4. The van der Waals surface area contributed by atoms with Gasteiger partial charge in [0.1, 0.15) is 0 Å². The molecular formula is C13H15N3O3S. The van der Waals surface area contributed by atoms with Gasteiger partial charge in [-0.2, -0.15) is 0 Å². The first-order valence-corrected chi connectivity index (χ1v) is 7.36. The van der Waals surface area contributed by atoms with Crippen molar-refractivity contribution in [3.8, 4) is 0 Å². The van der Waals surface area contributed by atoms with Crippen LogP contribution in [0.3, 0.4) is 0 Å². The third-order valence-corrected chi connectivity index (χ3v) is 4.44. The first-order valence-electron chi connectivity index (χ1n) is 6.48. The van der Waals surface area contributed by atoms with E-state index < -0.39 is 17.8 Å². The van der Waals surface area contributed by atoms with Gasteiger partial charge in [0.2, 0.25) is 0 Å². The molecule has 6 nitrogen and oxygen atoms in total. The second kappa shape index (κ2) is 4.99. The van der Waals surface area contributed by atoms with Gasteiger partial charge in [0.15, 0.2) is 0 Å². The number of amides is 4. The van der Waals surface area contributed by atoms with Crippen LogP contribution in [-0.4, -0.2) is 52.3 Å². The zero-order chi connectivity index (χ0) is 14.3. The predicted octanol–water partition coefficient (Wildman–Crippen LogP) is 1.09. The van der Waals surface area contributed by atoms with Gasteiger partial charge in [-0.3, -0.25) is 19.4 Å². The maximum Gasteiger partial charge on any atom is 0.335 e. The molecule has 0 bridgehead atoms. The summed E-state index contributed by atoms with van der Waals surface area (Å²) in [6.45, 7) is 0.896. The average Bonchev–Trinajstić information content (AvgIpc) is 3.14.